The van der Waals surface area contributed by atoms with Crippen molar-refractivity contribution in [1.29, 1.82) is 0 Å². The minimum atomic E-state index is -1.30. The molecule has 147 valence electrons. The maximum absolute atomic E-state index is 14.9. The predicted molar refractivity (Wildman–Crippen MR) is 102 cm³/mol. The highest BCUT2D eigenvalue weighted by Crippen LogP contribution is 2.38. The van der Waals surface area contributed by atoms with Crippen LogP contribution in [0.15, 0.2) is 23.1 Å². The maximum atomic E-state index is 14.9. The van der Waals surface area contributed by atoms with Gasteiger partial charge in [0.05, 0.1) is 17.7 Å². The number of benzene rings is 1. The lowest BCUT2D eigenvalue weighted by atomic mass is 10.1. The summed E-state index contributed by atoms with van der Waals surface area (Å²) in [6.45, 7) is 6.01. The van der Waals surface area contributed by atoms with Gasteiger partial charge in [0, 0.05) is 50.7 Å². The minimum absolute atomic E-state index is 0.0920. The van der Waals surface area contributed by atoms with E-state index in [1.165, 1.54) is 6.20 Å². The van der Waals surface area contributed by atoms with Gasteiger partial charge in [-0.2, -0.15) is 0 Å². The van der Waals surface area contributed by atoms with E-state index in [2.05, 4.69) is 6.92 Å². The molecule has 2 fully saturated rings. The number of hydrogen-bond donors (Lipinski definition) is 1. The molecule has 1 aromatic carbocycles. The van der Waals surface area contributed by atoms with Gasteiger partial charge in [0.15, 0.2) is 0 Å². The van der Waals surface area contributed by atoms with Crippen molar-refractivity contribution in [3.05, 3.63) is 46.9 Å². The molecule has 8 heteroatoms. The SMILES string of the molecule is [CH2]C(=O)CN1CCN(c2cc3c(cc2F)c(=O)c(C(=O)O)cn3C2CC2)CC1. The van der Waals surface area contributed by atoms with E-state index in [9.17, 15) is 23.9 Å². The van der Waals surface area contributed by atoms with Crippen molar-refractivity contribution in [2.75, 3.05) is 37.6 Å². The van der Waals surface area contributed by atoms with Crippen LogP contribution >= 0.6 is 0 Å². The van der Waals surface area contributed by atoms with Gasteiger partial charge in [0.1, 0.15) is 17.2 Å². The van der Waals surface area contributed by atoms with Gasteiger partial charge in [-0.3, -0.25) is 14.5 Å². The third-order valence-electron chi connectivity index (χ3n) is 5.38. The normalized spacial score (nSPS) is 17.9. The number of halogens is 1. The number of carboxylic acids is 1. The number of carbonyl (C=O) groups excluding carboxylic acids is 1. The van der Waals surface area contributed by atoms with Crippen LogP contribution < -0.4 is 10.3 Å². The Morgan fingerprint density at radius 3 is 2.43 bits per heavy atom. The van der Waals surface area contributed by atoms with Gasteiger partial charge in [-0.1, -0.05) is 0 Å². The quantitative estimate of drug-likeness (QED) is 0.842. The Balaban J connectivity index is 1.73. The monoisotopic (exact) mass is 386 g/mol. The Labute approximate surface area is 161 Å². The van der Waals surface area contributed by atoms with Crippen LogP contribution in [0.3, 0.4) is 0 Å². The van der Waals surface area contributed by atoms with E-state index in [0.717, 1.165) is 18.9 Å². The number of carboxylic acid groups (broad SMARTS) is 1. The Morgan fingerprint density at radius 1 is 1.18 bits per heavy atom. The van der Waals surface area contributed by atoms with Crippen molar-refractivity contribution in [3.8, 4) is 0 Å². The van der Waals surface area contributed by atoms with E-state index < -0.39 is 17.2 Å². The third kappa shape index (κ3) is 3.40. The fraction of sp³-hybridized carbons (Fsp3) is 0.400. The molecule has 0 bridgehead atoms. The summed E-state index contributed by atoms with van der Waals surface area (Å²) in [5, 5.41) is 9.41. The van der Waals surface area contributed by atoms with Crippen LogP contribution in [0.2, 0.25) is 0 Å². The van der Waals surface area contributed by atoms with Gasteiger partial charge in [-0.15, -0.1) is 0 Å². The number of carbonyl (C=O) groups is 2. The van der Waals surface area contributed by atoms with Crippen molar-refractivity contribution in [2.24, 2.45) is 0 Å². The average molecular weight is 386 g/mol. The zero-order valence-corrected chi connectivity index (χ0v) is 15.4. The Morgan fingerprint density at radius 2 is 1.86 bits per heavy atom. The summed E-state index contributed by atoms with van der Waals surface area (Å²) in [6, 6.07) is 2.95. The van der Waals surface area contributed by atoms with Crippen molar-refractivity contribution in [2.45, 2.75) is 18.9 Å². The first-order chi connectivity index (χ1) is 13.3. The smallest absolute Gasteiger partial charge is 0.341 e. The zero-order valence-electron chi connectivity index (χ0n) is 15.4. The van der Waals surface area contributed by atoms with Crippen molar-refractivity contribution in [1.82, 2.24) is 9.47 Å². The van der Waals surface area contributed by atoms with Crippen LogP contribution in [0.1, 0.15) is 29.2 Å². The Kier molecular flexibility index (Phi) is 4.66. The molecule has 4 rings (SSSR count). The van der Waals surface area contributed by atoms with Gasteiger partial charge in [-0.05, 0) is 25.0 Å². The summed E-state index contributed by atoms with van der Waals surface area (Å²) in [5.74, 6) is -1.99. The molecule has 1 aliphatic heterocycles. The Hall–Kier alpha value is -2.74. The highest BCUT2D eigenvalue weighted by Gasteiger charge is 2.28. The molecule has 1 N–H and O–H groups in total. The van der Waals surface area contributed by atoms with Crippen LogP contribution in [-0.2, 0) is 4.79 Å². The van der Waals surface area contributed by atoms with Crippen LogP contribution in [0.5, 0.6) is 0 Å². The number of piperazine rings is 1. The van der Waals surface area contributed by atoms with Crippen LogP contribution in [-0.4, -0.2) is 59.0 Å². The topological polar surface area (TPSA) is 82.8 Å². The van der Waals surface area contributed by atoms with Crippen molar-refractivity contribution in [3.63, 3.8) is 0 Å². The number of hydrogen-bond acceptors (Lipinski definition) is 5. The van der Waals surface area contributed by atoms with Crippen LogP contribution in [0.4, 0.5) is 10.1 Å². The zero-order chi connectivity index (χ0) is 20.0. The summed E-state index contributed by atoms with van der Waals surface area (Å²) in [4.78, 5) is 39.0. The summed E-state index contributed by atoms with van der Waals surface area (Å²) in [7, 11) is 0. The fourth-order valence-electron chi connectivity index (χ4n) is 3.80. The summed E-state index contributed by atoms with van der Waals surface area (Å²) in [5.41, 5.74) is -0.0455. The average Bonchev–Trinajstić information content (AvgIpc) is 3.47. The lowest BCUT2D eigenvalue weighted by molar-refractivity contribution is -0.116. The van der Waals surface area contributed by atoms with Gasteiger partial charge < -0.3 is 14.6 Å². The number of aromatic nitrogens is 1. The highest BCUT2D eigenvalue weighted by atomic mass is 19.1. The Bertz CT molecular complexity index is 1020. The van der Waals surface area contributed by atoms with E-state index in [-0.39, 0.29) is 29.3 Å². The highest BCUT2D eigenvalue weighted by molar-refractivity contribution is 5.93. The molecule has 1 aromatic heterocycles. The van der Waals surface area contributed by atoms with Crippen LogP contribution in [0, 0.1) is 12.7 Å². The number of ketones is 1. The number of rotatable bonds is 5. The van der Waals surface area contributed by atoms with E-state index in [0.29, 0.717) is 37.4 Å². The van der Waals surface area contributed by atoms with Crippen molar-refractivity contribution < 1.29 is 19.1 Å². The second-order valence-corrected chi connectivity index (χ2v) is 7.44. The molecule has 1 aliphatic carbocycles. The fourth-order valence-corrected chi connectivity index (χ4v) is 3.80. The van der Waals surface area contributed by atoms with E-state index in [4.69, 9.17) is 0 Å². The molecule has 0 amide bonds. The van der Waals surface area contributed by atoms with Crippen LogP contribution in [0.25, 0.3) is 10.9 Å². The largest absolute Gasteiger partial charge is 0.477 e. The van der Waals surface area contributed by atoms with Gasteiger partial charge in [0.25, 0.3) is 0 Å². The summed E-state index contributed by atoms with van der Waals surface area (Å²) >= 11 is 0. The molecule has 2 aliphatic rings. The van der Waals surface area contributed by atoms with E-state index in [1.54, 1.807) is 10.6 Å². The number of fused-ring (bicyclic) bond motifs is 1. The maximum Gasteiger partial charge on any atom is 0.341 e. The molecule has 28 heavy (non-hydrogen) atoms. The summed E-state index contributed by atoms with van der Waals surface area (Å²) < 4.78 is 16.7. The van der Waals surface area contributed by atoms with E-state index >= 15 is 0 Å². The second kappa shape index (κ2) is 7.01. The second-order valence-electron chi connectivity index (χ2n) is 7.44. The molecule has 1 saturated carbocycles. The molecule has 1 radical (unpaired) electrons. The number of anilines is 1. The molecule has 0 unspecified atom stereocenters. The molecule has 7 nitrogen and oxygen atoms in total. The first-order valence-electron chi connectivity index (χ1n) is 9.29. The molecule has 2 heterocycles. The molecule has 1 saturated heterocycles. The number of nitrogens with zero attached hydrogens (tertiary/aromatic N) is 3. The minimum Gasteiger partial charge on any atom is -0.477 e. The standard InChI is InChI=1S/C20H21FN3O4/c1-12(25)10-22-4-6-23(7-5-22)18-9-17-14(8-16(18)21)19(26)15(20(27)28)11-24(17)13-2-3-13/h8-9,11,13H,1-7,10H2,(H,27,28). The lowest BCUT2D eigenvalue weighted by Crippen LogP contribution is -2.48. The number of pyridine rings is 1. The van der Waals surface area contributed by atoms with Crippen molar-refractivity contribution >= 4 is 28.3 Å². The lowest BCUT2D eigenvalue weighted by Gasteiger charge is -2.35. The predicted octanol–water partition coefficient (Wildman–Crippen LogP) is 1.70. The molecule has 2 aromatic rings. The van der Waals surface area contributed by atoms with Gasteiger partial charge in [0.2, 0.25) is 5.43 Å². The van der Waals surface area contributed by atoms with Gasteiger partial charge in [-0.25, -0.2) is 9.18 Å². The number of aromatic carboxylic acids is 1. The van der Waals surface area contributed by atoms with Gasteiger partial charge >= 0.3 is 5.97 Å². The first-order valence-corrected chi connectivity index (χ1v) is 9.29. The third-order valence-corrected chi connectivity index (χ3v) is 5.38. The molecular weight excluding hydrogens is 365 g/mol. The summed E-state index contributed by atoms with van der Waals surface area (Å²) in [6.07, 6.45) is 3.19. The first kappa shape index (κ1) is 18.6. The number of Topliss-reactive ketones (excluding diaryl/α,β-unsaturated/α-hetero) is 1. The molecule has 0 atom stereocenters. The molecule has 0 spiro atoms. The molecular formula is C20H21FN3O4. The van der Waals surface area contributed by atoms with E-state index in [1.807, 2.05) is 9.80 Å².